The molecule has 33 heavy (non-hydrogen) atoms. The summed E-state index contributed by atoms with van der Waals surface area (Å²) >= 11 is 0. The number of rotatable bonds is 5. The SMILES string of the molecule is C=C/C=C(C)\C(=C/C)c1ccc2[nH]nc(-c3cc4c(-c5ccccc5F)ccnc4[nH]3)c2c1. The summed E-state index contributed by atoms with van der Waals surface area (Å²) in [5, 5.41) is 9.55. The molecule has 0 aliphatic rings. The van der Waals surface area contributed by atoms with Gasteiger partial charge in [0.05, 0.1) is 11.2 Å². The number of H-pyrrole nitrogens is 2. The highest BCUT2D eigenvalue weighted by atomic mass is 19.1. The van der Waals surface area contributed by atoms with E-state index in [1.165, 1.54) is 6.07 Å². The number of aromatic amines is 2. The molecule has 0 saturated carbocycles. The van der Waals surface area contributed by atoms with E-state index in [4.69, 9.17) is 0 Å². The van der Waals surface area contributed by atoms with E-state index in [0.29, 0.717) is 11.2 Å². The van der Waals surface area contributed by atoms with E-state index in [0.717, 1.165) is 50.0 Å². The van der Waals surface area contributed by atoms with Crippen molar-refractivity contribution in [2.45, 2.75) is 13.8 Å². The van der Waals surface area contributed by atoms with E-state index in [9.17, 15) is 4.39 Å². The van der Waals surface area contributed by atoms with Crippen LogP contribution in [0.15, 0.2) is 91.2 Å². The molecular weight excluding hydrogens is 411 g/mol. The lowest BCUT2D eigenvalue weighted by Crippen LogP contribution is -1.87. The third kappa shape index (κ3) is 3.57. The Bertz CT molecular complexity index is 1570. The zero-order valence-corrected chi connectivity index (χ0v) is 18.5. The molecular formula is C28H23FN4. The topological polar surface area (TPSA) is 57.4 Å². The lowest BCUT2D eigenvalue weighted by atomic mass is 9.96. The van der Waals surface area contributed by atoms with Gasteiger partial charge in [-0.2, -0.15) is 5.10 Å². The highest BCUT2D eigenvalue weighted by Crippen LogP contribution is 2.35. The lowest BCUT2D eigenvalue weighted by molar-refractivity contribution is 0.631. The normalized spacial score (nSPS) is 12.6. The molecule has 0 unspecified atom stereocenters. The Labute approximate surface area is 191 Å². The highest BCUT2D eigenvalue weighted by Gasteiger charge is 2.16. The number of pyridine rings is 1. The zero-order valence-electron chi connectivity index (χ0n) is 18.5. The Balaban J connectivity index is 1.66. The molecule has 162 valence electrons. The van der Waals surface area contributed by atoms with Crippen LogP contribution in [0.2, 0.25) is 0 Å². The Hall–Kier alpha value is -4.25. The average molecular weight is 435 g/mol. The molecule has 0 aliphatic carbocycles. The minimum Gasteiger partial charge on any atom is -0.338 e. The van der Waals surface area contributed by atoms with Crippen LogP contribution >= 0.6 is 0 Å². The first-order valence-corrected chi connectivity index (χ1v) is 10.8. The van der Waals surface area contributed by atoms with Crippen LogP contribution in [0.4, 0.5) is 4.39 Å². The van der Waals surface area contributed by atoms with Crippen LogP contribution in [-0.2, 0) is 0 Å². The third-order valence-electron chi connectivity index (χ3n) is 5.91. The Morgan fingerprint density at radius 1 is 1.03 bits per heavy atom. The molecule has 0 bridgehead atoms. The van der Waals surface area contributed by atoms with Gasteiger partial charge >= 0.3 is 0 Å². The van der Waals surface area contributed by atoms with Crippen molar-refractivity contribution in [3.63, 3.8) is 0 Å². The molecule has 0 saturated heterocycles. The number of nitrogens with zero attached hydrogens (tertiary/aromatic N) is 2. The van der Waals surface area contributed by atoms with Gasteiger partial charge in [0, 0.05) is 22.5 Å². The number of hydrogen-bond donors (Lipinski definition) is 2. The summed E-state index contributed by atoms with van der Waals surface area (Å²) in [7, 11) is 0. The fraction of sp³-hybridized carbons (Fsp3) is 0.0714. The predicted octanol–water partition coefficient (Wildman–Crippen LogP) is 7.45. The standard InChI is InChI=1S/C28H23FN4/c1-4-8-17(3)19(5-2)18-11-12-25-23(15-18)27(33-32-25)26-16-22-20(13-14-30-28(22)31-26)21-9-6-7-10-24(21)29/h4-16H,1H2,2-3H3,(H,30,31)(H,32,33)/b17-8-,19-5+. The number of aromatic nitrogens is 4. The molecule has 3 aromatic heterocycles. The molecule has 0 spiro atoms. The van der Waals surface area contributed by atoms with Crippen molar-refractivity contribution >= 4 is 27.5 Å². The van der Waals surface area contributed by atoms with Crippen molar-refractivity contribution in [1.82, 2.24) is 20.2 Å². The number of benzene rings is 2. The van der Waals surface area contributed by atoms with Gasteiger partial charge < -0.3 is 4.98 Å². The summed E-state index contributed by atoms with van der Waals surface area (Å²) < 4.78 is 14.5. The van der Waals surface area contributed by atoms with Crippen molar-refractivity contribution < 1.29 is 4.39 Å². The van der Waals surface area contributed by atoms with Gasteiger partial charge in [0.15, 0.2) is 0 Å². The first-order chi connectivity index (χ1) is 16.1. The van der Waals surface area contributed by atoms with Crippen LogP contribution in [0.3, 0.4) is 0 Å². The van der Waals surface area contributed by atoms with Gasteiger partial charge in [0.1, 0.15) is 17.2 Å². The monoisotopic (exact) mass is 434 g/mol. The summed E-state index contributed by atoms with van der Waals surface area (Å²) in [5.74, 6) is -0.260. The number of fused-ring (bicyclic) bond motifs is 2. The van der Waals surface area contributed by atoms with Gasteiger partial charge in [-0.1, -0.05) is 49.1 Å². The highest BCUT2D eigenvalue weighted by molar-refractivity contribution is 6.00. The predicted molar refractivity (Wildman–Crippen MR) is 134 cm³/mol. The van der Waals surface area contributed by atoms with Crippen LogP contribution in [0.1, 0.15) is 19.4 Å². The summed E-state index contributed by atoms with van der Waals surface area (Å²) in [6.45, 7) is 7.92. The van der Waals surface area contributed by atoms with Crippen LogP contribution in [0.5, 0.6) is 0 Å². The van der Waals surface area contributed by atoms with Crippen LogP contribution in [0, 0.1) is 5.82 Å². The molecule has 5 rings (SSSR count). The Kier molecular flexibility index (Phi) is 5.23. The van der Waals surface area contributed by atoms with E-state index in [1.807, 2.05) is 37.3 Å². The van der Waals surface area contributed by atoms with Gasteiger partial charge in [-0.3, -0.25) is 5.10 Å². The molecule has 0 aliphatic heterocycles. The number of allylic oxidation sites excluding steroid dienone is 5. The lowest BCUT2D eigenvalue weighted by Gasteiger charge is -2.08. The van der Waals surface area contributed by atoms with E-state index in [1.54, 1.807) is 24.4 Å². The quantitative estimate of drug-likeness (QED) is 0.282. The number of halogens is 1. The Morgan fingerprint density at radius 3 is 2.67 bits per heavy atom. The minimum atomic E-state index is -0.260. The summed E-state index contributed by atoms with van der Waals surface area (Å²) in [6.07, 6.45) is 7.59. The third-order valence-corrected chi connectivity index (χ3v) is 5.91. The fourth-order valence-corrected chi connectivity index (χ4v) is 4.34. The maximum Gasteiger partial charge on any atom is 0.138 e. The van der Waals surface area contributed by atoms with Crippen LogP contribution in [-0.4, -0.2) is 20.2 Å². The van der Waals surface area contributed by atoms with Crippen LogP contribution in [0.25, 0.3) is 50.0 Å². The summed E-state index contributed by atoms with van der Waals surface area (Å²) in [6, 6.07) is 16.9. The molecule has 5 heteroatoms. The molecule has 4 nitrogen and oxygen atoms in total. The van der Waals surface area contributed by atoms with E-state index in [-0.39, 0.29) is 5.82 Å². The van der Waals surface area contributed by atoms with Gasteiger partial charge in [-0.05, 0) is 66.5 Å². The van der Waals surface area contributed by atoms with Gasteiger partial charge in [-0.15, -0.1) is 0 Å². The largest absolute Gasteiger partial charge is 0.338 e. The second-order valence-electron chi connectivity index (χ2n) is 7.90. The minimum absolute atomic E-state index is 0.260. The fourth-order valence-electron chi connectivity index (χ4n) is 4.34. The van der Waals surface area contributed by atoms with Crippen molar-refractivity contribution in [3.05, 3.63) is 103 Å². The molecule has 5 aromatic rings. The smallest absolute Gasteiger partial charge is 0.138 e. The second-order valence-corrected chi connectivity index (χ2v) is 7.90. The zero-order chi connectivity index (χ0) is 22.9. The van der Waals surface area contributed by atoms with Crippen LogP contribution < -0.4 is 0 Å². The van der Waals surface area contributed by atoms with E-state index < -0.39 is 0 Å². The number of hydrogen-bond acceptors (Lipinski definition) is 2. The van der Waals surface area contributed by atoms with Crippen molar-refractivity contribution in [2.75, 3.05) is 0 Å². The first kappa shape index (κ1) is 20.6. The molecule has 3 heterocycles. The summed E-state index contributed by atoms with van der Waals surface area (Å²) in [4.78, 5) is 7.84. The molecule has 2 aromatic carbocycles. The Morgan fingerprint density at radius 2 is 1.88 bits per heavy atom. The van der Waals surface area contributed by atoms with Gasteiger partial charge in [-0.25, -0.2) is 9.37 Å². The summed E-state index contributed by atoms with van der Waals surface area (Å²) in [5.41, 5.74) is 7.98. The molecule has 0 fully saturated rings. The molecule has 0 atom stereocenters. The number of nitrogens with one attached hydrogen (secondary N) is 2. The van der Waals surface area contributed by atoms with E-state index in [2.05, 4.69) is 51.9 Å². The van der Waals surface area contributed by atoms with Crippen molar-refractivity contribution in [1.29, 1.82) is 0 Å². The average Bonchev–Trinajstić information content (AvgIpc) is 3.44. The van der Waals surface area contributed by atoms with Crippen molar-refractivity contribution in [2.24, 2.45) is 0 Å². The van der Waals surface area contributed by atoms with Crippen molar-refractivity contribution in [3.8, 4) is 22.5 Å². The molecule has 0 amide bonds. The van der Waals surface area contributed by atoms with Gasteiger partial charge in [0.25, 0.3) is 0 Å². The maximum atomic E-state index is 14.5. The molecule has 0 radical (unpaired) electrons. The van der Waals surface area contributed by atoms with E-state index >= 15 is 0 Å². The van der Waals surface area contributed by atoms with Gasteiger partial charge in [0.2, 0.25) is 0 Å². The first-order valence-electron chi connectivity index (χ1n) is 10.8. The maximum absolute atomic E-state index is 14.5. The molecule has 2 N–H and O–H groups in total. The second kappa shape index (κ2) is 8.36.